The van der Waals surface area contributed by atoms with E-state index >= 15 is 0 Å². The minimum Gasteiger partial charge on any atom is -0.485 e. The molecule has 1 heterocycles. The fourth-order valence-corrected chi connectivity index (χ4v) is 2.75. The second-order valence-electron chi connectivity index (χ2n) is 5.81. The van der Waals surface area contributed by atoms with Crippen molar-refractivity contribution in [3.63, 3.8) is 0 Å². The van der Waals surface area contributed by atoms with E-state index in [9.17, 15) is 0 Å². The molecule has 2 aromatic carbocycles. The quantitative estimate of drug-likeness (QED) is 0.878. The molecule has 2 atom stereocenters. The number of fused-ring (bicyclic) bond motifs is 1. The van der Waals surface area contributed by atoms with E-state index in [0.717, 1.165) is 17.7 Å². The first-order chi connectivity index (χ1) is 9.65. The van der Waals surface area contributed by atoms with Gasteiger partial charge in [0.2, 0.25) is 0 Å². The van der Waals surface area contributed by atoms with Crippen molar-refractivity contribution in [2.45, 2.75) is 38.3 Å². The molecule has 2 aromatic rings. The summed E-state index contributed by atoms with van der Waals surface area (Å²) in [7, 11) is 0. The van der Waals surface area contributed by atoms with Crippen LogP contribution in [0.4, 0.5) is 0 Å². The van der Waals surface area contributed by atoms with Gasteiger partial charge in [-0.15, -0.1) is 0 Å². The van der Waals surface area contributed by atoms with Gasteiger partial charge in [0, 0.05) is 18.0 Å². The Morgan fingerprint density at radius 1 is 1.05 bits per heavy atom. The molecule has 0 aromatic heterocycles. The van der Waals surface area contributed by atoms with E-state index in [-0.39, 0.29) is 12.1 Å². The standard InChI is InChI=1S/C18H21NO/c1-12(2)13-7-9-14(10-8-13)18-11-16(19)15-5-3-4-6-17(15)20-18/h3-10,12,16,18H,11,19H2,1-2H3. The van der Waals surface area contributed by atoms with Crippen LogP contribution in [0.2, 0.25) is 0 Å². The summed E-state index contributed by atoms with van der Waals surface area (Å²) in [5.74, 6) is 1.48. The molecule has 0 saturated carbocycles. The summed E-state index contributed by atoms with van der Waals surface area (Å²) in [5, 5.41) is 0. The Morgan fingerprint density at radius 3 is 2.45 bits per heavy atom. The van der Waals surface area contributed by atoms with Crippen LogP contribution in [0, 0.1) is 0 Å². The number of nitrogens with two attached hydrogens (primary N) is 1. The van der Waals surface area contributed by atoms with E-state index in [1.54, 1.807) is 0 Å². The molecule has 2 N–H and O–H groups in total. The molecule has 0 spiro atoms. The number of ether oxygens (including phenoxy) is 1. The molecule has 1 aliphatic rings. The summed E-state index contributed by atoms with van der Waals surface area (Å²) in [4.78, 5) is 0. The maximum atomic E-state index is 6.27. The Balaban J connectivity index is 1.86. The largest absolute Gasteiger partial charge is 0.485 e. The third-order valence-corrected chi connectivity index (χ3v) is 4.03. The van der Waals surface area contributed by atoms with Crippen LogP contribution in [0.3, 0.4) is 0 Å². The maximum absolute atomic E-state index is 6.27. The monoisotopic (exact) mass is 267 g/mol. The van der Waals surface area contributed by atoms with Gasteiger partial charge in [-0.3, -0.25) is 0 Å². The average molecular weight is 267 g/mol. The van der Waals surface area contributed by atoms with E-state index in [1.165, 1.54) is 11.1 Å². The molecule has 0 amide bonds. The summed E-state index contributed by atoms with van der Waals surface area (Å²) in [6.45, 7) is 4.41. The van der Waals surface area contributed by atoms with E-state index in [1.807, 2.05) is 18.2 Å². The second-order valence-corrected chi connectivity index (χ2v) is 5.81. The first-order valence-corrected chi connectivity index (χ1v) is 7.26. The van der Waals surface area contributed by atoms with Gasteiger partial charge in [-0.2, -0.15) is 0 Å². The van der Waals surface area contributed by atoms with E-state index in [2.05, 4.69) is 44.2 Å². The Hall–Kier alpha value is -1.80. The van der Waals surface area contributed by atoms with Crippen LogP contribution < -0.4 is 10.5 Å². The van der Waals surface area contributed by atoms with Gasteiger partial charge in [-0.1, -0.05) is 56.3 Å². The lowest BCUT2D eigenvalue weighted by Crippen LogP contribution is -2.24. The van der Waals surface area contributed by atoms with Crippen LogP contribution in [0.5, 0.6) is 5.75 Å². The van der Waals surface area contributed by atoms with Gasteiger partial charge in [0.25, 0.3) is 0 Å². The molecular weight excluding hydrogens is 246 g/mol. The molecule has 104 valence electrons. The number of rotatable bonds is 2. The second kappa shape index (κ2) is 5.29. The molecule has 2 nitrogen and oxygen atoms in total. The van der Waals surface area contributed by atoms with Crippen molar-refractivity contribution in [3.8, 4) is 5.75 Å². The smallest absolute Gasteiger partial charge is 0.126 e. The van der Waals surface area contributed by atoms with Crippen LogP contribution in [-0.2, 0) is 0 Å². The predicted molar refractivity (Wildman–Crippen MR) is 81.9 cm³/mol. The normalized spacial score (nSPS) is 21.4. The third-order valence-electron chi connectivity index (χ3n) is 4.03. The fraction of sp³-hybridized carbons (Fsp3) is 0.333. The highest BCUT2D eigenvalue weighted by atomic mass is 16.5. The summed E-state index contributed by atoms with van der Waals surface area (Å²) < 4.78 is 6.11. The summed E-state index contributed by atoms with van der Waals surface area (Å²) in [6, 6.07) is 16.8. The van der Waals surface area contributed by atoms with Crippen molar-refractivity contribution in [2.24, 2.45) is 5.73 Å². The van der Waals surface area contributed by atoms with Gasteiger partial charge in [0.1, 0.15) is 11.9 Å². The Kier molecular flexibility index (Phi) is 3.49. The number of para-hydroxylation sites is 1. The highest BCUT2D eigenvalue weighted by Gasteiger charge is 2.26. The van der Waals surface area contributed by atoms with Gasteiger partial charge in [0.05, 0.1) is 0 Å². The zero-order valence-corrected chi connectivity index (χ0v) is 12.0. The highest BCUT2D eigenvalue weighted by molar-refractivity contribution is 5.39. The van der Waals surface area contributed by atoms with Crippen LogP contribution in [0.1, 0.15) is 55.0 Å². The minimum absolute atomic E-state index is 0.0507. The lowest BCUT2D eigenvalue weighted by Gasteiger charge is -2.30. The first kappa shape index (κ1) is 13.2. The molecule has 0 fully saturated rings. The number of hydrogen-bond donors (Lipinski definition) is 1. The minimum atomic E-state index is 0.0507. The van der Waals surface area contributed by atoms with Gasteiger partial charge >= 0.3 is 0 Å². The van der Waals surface area contributed by atoms with E-state index in [0.29, 0.717) is 5.92 Å². The third kappa shape index (κ3) is 2.44. The molecule has 20 heavy (non-hydrogen) atoms. The van der Waals surface area contributed by atoms with Crippen LogP contribution >= 0.6 is 0 Å². The summed E-state index contributed by atoms with van der Waals surface area (Å²) >= 11 is 0. The van der Waals surface area contributed by atoms with Crippen molar-refractivity contribution in [1.29, 1.82) is 0 Å². The van der Waals surface area contributed by atoms with Crippen molar-refractivity contribution in [3.05, 3.63) is 65.2 Å². The molecule has 0 bridgehead atoms. The Bertz CT molecular complexity index is 589. The summed E-state index contributed by atoms with van der Waals surface area (Å²) in [5.41, 5.74) is 9.95. The lowest BCUT2D eigenvalue weighted by atomic mass is 9.92. The first-order valence-electron chi connectivity index (χ1n) is 7.26. The molecule has 0 saturated heterocycles. The molecule has 1 aliphatic heterocycles. The van der Waals surface area contributed by atoms with Crippen LogP contribution in [-0.4, -0.2) is 0 Å². The van der Waals surface area contributed by atoms with Crippen molar-refractivity contribution >= 4 is 0 Å². The van der Waals surface area contributed by atoms with Crippen molar-refractivity contribution < 1.29 is 4.74 Å². The predicted octanol–water partition coefficient (Wildman–Crippen LogP) is 4.33. The zero-order chi connectivity index (χ0) is 14.1. The zero-order valence-electron chi connectivity index (χ0n) is 12.0. The van der Waals surface area contributed by atoms with Gasteiger partial charge < -0.3 is 10.5 Å². The Labute approximate surface area is 120 Å². The average Bonchev–Trinajstić information content (AvgIpc) is 2.47. The molecule has 0 radical (unpaired) electrons. The fourth-order valence-electron chi connectivity index (χ4n) is 2.75. The number of hydrogen-bond acceptors (Lipinski definition) is 2. The summed E-state index contributed by atoms with van der Waals surface area (Å²) in [6.07, 6.45) is 0.888. The SMILES string of the molecule is CC(C)c1ccc(C2CC(N)c3ccccc3O2)cc1. The number of benzene rings is 2. The van der Waals surface area contributed by atoms with Crippen molar-refractivity contribution in [2.75, 3.05) is 0 Å². The molecular formula is C18H21NO. The molecule has 0 aliphatic carbocycles. The molecule has 3 rings (SSSR count). The van der Waals surface area contributed by atoms with Crippen molar-refractivity contribution in [1.82, 2.24) is 0 Å². The van der Waals surface area contributed by atoms with Gasteiger partial charge in [-0.05, 0) is 23.1 Å². The molecule has 2 heteroatoms. The van der Waals surface area contributed by atoms with E-state index in [4.69, 9.17) is 10.5 Å². The highest BCUT2D eigenvalue weighted by Crippen LogP contribution is 2.39. The van der Waals surface area contributed by atoms with E-state index < -0.39 is 0 Å². The van der Waals surface area contributed by atoms with Gasteiger partial charge in [0.15, 0.2) is 0 Å². The van der Waals surface area contributed by atoms with Gasteiger partial charge in [-0.25, -0.2) is 0 Å². The van der Waals surface area contributed by atoms with Crippen LogP contribution in [0.25, 0.3) is 0 Å². The maximum Gasteiger partial charge on any atom is 0.126 e. The Morgan fingerprint density at radius 2 is 1.75 bits per heavy atom. The molecule has 2 unspecified atom stereocenters. The van der Waals surface area contributed by atoms with Crippen LogP contribution in [0.15, 0.2) is 48.5 Å². The topological polar surface area (TPSA) is 35.2 Å². The lowest BCUT2D eigenvalue weighted by molar-refractivity contribution is 0.161.